The van der Waals surface area contributed by atoms with Gasteiger partial charge in [-0.25, -0.2) is 18.4 Å². The highest BCUT2D eigenvalue weighted by molar-refractivity contribution is 7.92. The molecule has 2 heterocycles. The molecule has 1 aliphatic rings. The van der Waals surface area contributed by atoms with Gasteiger partial charge in [0.2, 0.25) is 0 Å². The van der Waals surface area contributed by atoms with Crippen molar-refractivity contribution in [3.05, 3.63) is 48.5 Å². The van der Waals surface area contributed by atoms with Crippen LogP contribution in [0.2, 0.25) is 0 Å². The Kier molecular flexibility index (Phi) is 5.50. The van der Waals surface area contributed by atoms with Gasteiger partial charge in [-0.05, 0) is 49.2 Å². The Hall–Kier alpha value is -2.91. The van der Waals surface area contributed by atoms with Crippen LogP contribution in [-0.2, 0) is 14.8 Å². The summed E-state index contributed by atoms with van der Waals surface area (Å²) in [5.41, 5.74) is 1.28. The topological polar surface area (TPSA) is 102 Å². The Morgan fingerprint density at radius 3 is 2.38 bits per heavy atom. The van der Waals surface area contributed by atoms with Crippen LogP contribution in [0.4, 0.5) is 11.6 Å². The van der Waals surface area contributed by atoms with Gasteiger partial charge in [0.15, 0.2) is 11.6 Å². The lowest BCUT2D eigenvalue weighted by molar-refractivity contribution is 0.120. The third-order valence-electron chi connectivity index (χ3n) is 4.69. The number of fused-ring (bicyclic) bond motifs is 1. The second-order valence-electron chi connectivity index (χ2n) is 6.71. The molecule has 0 spiro atoms. The molecule has 4 rings (SSSR count). The van der Waals surface area contributed by atoms with Crippen molar-refractivity contribution in [1.29, 1.82) is 0 Å². The van der Waals surface area contributed by atoms with Crippen LogP contribution in [0, 0.1) is 0 Å². The van der Waals surface area contributed by atoms with Crippen LogP contribution in [0.25, 0.3) is 11.0 Å². The average Bonchev–Trinajstić information content (AvgIpc) is 3.25. The molecular formula is C20H22N4O4S. The largest absolute Gasteiger partial charge is 0.497 e. The Morgan fingerprint density at radius 1 is 1.07 bits per heavy atom. The van der Waals surface area contributed by atoms with E-state index in [1.165, 1.54) is 19.2 Å². The predicted octanol–water partition coefficient (Wildman–Crippen LogP) is 3.03. The van der Waals surface area contributed by atoms with Crippen molar-refractivity contribution in [1.82, 2.24) is 9.97 Å². The maximum atomic E-state index is 12.9. The summed E-state index contributed by atoms with van der Waals surface area (Å²) in [7, 11) is -2.32. The van der Waals surface area contributed by atoms with Crippen LogP contribution < -0.4 is 14.8 Å². The van der Waals surface area contributed by atoms with Gasteiger partial charge in [-0.15, -0.1) is 0 Å². The molecule has 29 heavy (non-hydrogen) atoms. The zero-order chi connectivity index (χ0) is 20.3. The summed E-state index contributed by atoms with van der Waals surface area (Å²) < 4.78 is 39.0. The van der Waals surface area contributed by atoms with Crippen molar-refractivity contribution in [2.24, 2.45) is 0 Å². The number of sulfonamides is 1. The van der Waals surface area contributed by atoms with Crippen molar-refractivity contribution < 1.29 is 17.9 Å². The van der Waals surface area contributed by atoms with Crippen LogP contribution in [0.1, 0.15) is 12.8 Å². The second-order valence-corrected chi connectivity index (χ2v) is 8.39. The standard InChI is InChI=1S/C20H22N4O4S/c1-27-14-8-10-16(11-9-14)29(25,26)24-20-19(21-13-15-5-4-12-28-15)22-17-6-2-3-7-18(17)23-20/h2-3,6-11,15H,4-5,12-13H2,1H3,(H,21,22)(H,23,24)/t15-/m0/s1. The fourth-order valence-corrected chi connectivity index (χ4v) is 4.16. The average molecular weight is 414 g/mol. The molecule has 0 radical (unpaired) electrons. The maximum absolute atomic E-state index is 12.9. The zero-order valence-electron chi connectivity index (χ0n) is 16.0. The minimum absolute atomic E-state index is 0.0781. The molecule has 3 aromatic rings. The van der Waals surface area contributed by atoms with Gasteiger partial charge in [0.25, 0.3) is 10.0 Å². The van der Waals surface area contributed by atoms with Gasteiger partial charge in [0, 0.05) is 13.2 Å². The van der Waals surface area contributed by atoms with E-state index >= 15 is 0 Å². The lowest BCUT2D eigenvalue weighted by Gasteiger charge is -2.16. The number of ether oxygens (including phenoxy) is 2. The van der Waals surface area contributed by atoms with Crippen LogP contribution >= 0.6 is 0 Å². The number of anilines is 2. The monoisotopic (exact) mass is 414 g/mol. The SMILES string of the molecule is COc1ccc(S(=O)(=O)Nc2nc3ccccc3nc2NC[C@@H]2CCCO2)cc1. The molecular weight excluding hydrogens is 392 g/mol. The number of hydrogen-bond acceptors (Lipinski definition) is 7. The van der Waals surface area contributed by atoms with E-state index in [4.69, 9.17) is 9.47 Å². The fraction of sp³-hybridized carbons (Fsp3) is 0.300. The summed E-state index contributed by atoms with van der Waals surface area (Å²) in [4.78, 5) is 9.16. The third kappa shape index (κ3) is 4.41. The minimum Gasteiger partial charge on any atom is -0.497 e. The molecule has 0 saturated carbocycles. The van der Waals surface area contributed by atoms with Crippen molar-refractivity contribution in [3.63, 3.8) is 0 Å². The maximum Gasteiger partial charge on any atom is 0.263 e. The Balaban J connectivity index is 1.65. The molecule has 0 unspecified atom stereocenters. The molecule has 2 N–H and O–H groups in total. The number of para-hydroxylation sites is 2. The zero-order valence-corrected chi connectivity index (χ0v) is 16.8. The van der Waals surface area contributed by atoms with Gasteiger partial charge in [-0.1, -0.05) is 12.1 Å². The van der Waals surface area contributed by atoms with Crippen molar-refractivity contribution in [2.45, 2.75) is 23.8 Å². The number of hydrogen-bond donors (Lipinski definition) is 2. The predicted molar refractivity (Wildman–Crippen MR) is 111 cm³/mol. The normalized spacial score (nSPS) is 16.7. The first kappa shape index (κ1) is 19.4. The first-order valence-corrected chi connectivity index (χ1v) is 10.8. The van der Waals surface area contributed by atoms with E-state index in [2.05, 4.69) is 20.0 Å². The summed E-state index contributed by atoms with van der Waals surface area (Å²) in [6.45, 7) is 1.27. The van der Waals surface area contributed by atoms with E-state index in [0.29, 0.717) is 29.1 Å². The molecule has 8 nitrogen and oxygen atoms in total. The van der Waals surface area contributed by atoms with Crippen LogP contribution in [0.5, 0.6) is 5.75 Å². The summed E-state index contributed by atoms with van der Waals surface area (Å²) in [5, 5.41) is 3.19. The number of aromatic nitrogens is 2. The molecule has 1 aliphatic heterocycles. The quantitative estimate of drug-likeness (QED) is 0.613. The Bertz CT molecular complexity index is 1100. The number of nitrogens with one attached hydrogen (secondary N) is 2. The van der Waals surface area contributed by atoms with Gasteiger partial charge >= 0.3 is 0 Å². The smallest absolute Gasteiger partial charge is 0.263 e. The summed E-state index contributed by atoms with van der Waals surface area (Å²) in [6.07, 6.45) is 2.06. The molecule has 1 atom stereocenters. The van der Waals surface area contributed by atoms with E-state index in [-0.39, 0.29) is 16.8 Å². The molecule has 1 saturated heterocycles. The lowest BCUT2D eigenvalue weighted by atomic mass is 10.2. The molecule has 152 valence electrons. The Labute approximate surface area is 169 Å². The van der Waals surface area contributed by atoms with E-state index in [0.717, 1.165) is 19.4 Å². The van der Waals surface area contributed by atoms with Gasteiger partial charge in [0.1, 0.15) is 5.75 Å². The number of rotatable bonds is 7. The van der Waals surface area contributed by atoms with E-state index < -0.39 is 10.0 Å². The van der Waals surface area contributed by atoms with Crippen molar-refractivity contribution in [3.8, 4) is 5.75 Å². The van der Waals surface area contributed by atoms with E-state index in [1.54, 1.807) is 18.2 Å². The van der Waals surface area contributed by atoms with Crippen molar-refractivity contribution in [2.75, 3.05) is 30.3 Å². The van der Waals surface area contributed by atoms with Crippen LogP contribution in [0.3, 0.4) is 0 Å². The molecule has 1 fully saturated rings. The van der Waals surface area contributed by atoms with Gasteiger partial charge < -0.3 is 14.8 Å². The van der Waals surface area contributed by atoms with Crippen molar-refractivity contribution >= 4 is 32.7 Å². The summed E-state index contributed by atoms with van der Waals surface area (Å²) >= 11 is 0. The first-order valence-electron chi connectivity index (χ1n) is 9.34. The van der Waals surface area contributed by atoms with Gasteiger partial charge in [-0.2, -0.15) is 0 Å². The number of benzene rings is 2. The minimum atomic E-state index is -3.85. The highest BCUT2D eigenvalue weighted by Crippen LogP contribution is 2.25. The fourth-order valence-electron chi connectivity index (χ4n) is 3.15. The number of methoxy groups -OCH3 is 1. The number of nitrogens with zero attached hydrogens (tertiary/aromatic N) is 2. The summed E-state index contributed by atoms with van der Waals surface area (Å²) in [5.74, 6) is 1.10. The molecule has 9 heteroatoms. The van der Waals surface area contributed by atoms with Crippen LogP contribution in [-0.4, -0.2) is 44.8 Å². The first-order chi connectivity index (χ1) is 14.0. The van der Waals surface area contributed by atoms with Gasteiger partial charge in [0.05, 0.1) is 29.1 Å². The molecule has 0 aliphatic carbocycles. The van der Waals surface area contributed by atoms with E-state index in [9.17, 15) is 8.42 Å². The molecule has 1 aromatic heterocycles. The lowest BCUT2D eigenvalue weighted by Crippen LogP contribution is -2.21. The van der Waals surface area contributed by atoms with E-state index in [1.807, 2.05) is 18.2 Å². The molecule has 2 aromatic carbocycles. The highest BCUT2D eigenvalue weighted by atomic mass is 32.2. The highest BCUT2D eigenvalue weighted by Gasteiger charge is 2.21. The molecule has 0 bridgehead atoms. The second kappa shape index (κ2) is 8.22. The third-order valence-corrected chi connectivity index (χ3v) is 6.05. The summed E-state index contributed by atoms with van der Waals surface area (Å²) in [6, 6.07) is 13.5. The Morgan fingerprint density at radius 2 is 1.76 bits per heavy atom. The van der Waals surface area contributed by atoms with Crippen LogP contribution in [0.15, 0.2) is 53.4 Å². The molecule has 0 amide bonds. The van der Waals surface area contributed by atoms with Gasteiger partial charge in [-0.3, -0.25) is 4.72 Å².